The van der Waals surface area contributed by atoms with E-state index in [1.54, 1.807) is 33.0 Å². The summed E-state index contributed by atoms with van der Waals surface area (Å²) >= 11 is 0. The molecule has 0 spiro atoms. The Hall–Kier alpha value is -2.52. The van der Waals surface area contributed by atoms with Crippen LogP contribution in [0, 0.1) is 5.82 Å². The van der Waals surface area contributed by atoms with Crippen LogP contribution in [-0.2, 0) is 27.9 Å². The van der Waals surface area contributed by atoms with Gasteiger partial charge in [-0.05, 0) is 23.8 Å². The number of likely N-dealkylation sites (N-methyl/N-ethyl adjacent to an activating group) is 1. The molecular formula is C19H24FN3O4S. The molecule has 1 aromatic carbocycles. The number of hydrogen-bond donors (Lipinski definition) is 0. The van der Waals surface area contributed by atoms with E-state index in [0.29, 0.717) is 13.1 Å². The van der Waals surface area contributed by atoms with E-state index in [1.165, 1.54) is 33.6 Å². The predicted molar refractivity (Wildman–Crippen MR) is 104 cm³/mol. The number of aromatic nitrogens is 1. The maximum absolute atomic E-state index is 13.0. The predicted octanol–water partition coefficient (Wildman–Crippen LogP) is 1.68. The molecule has 1 heterocycles. The fraction of sp³-hybridized carbons (Fsp3) is 0.368. The SMILES string of the molecule is CCN(CC)S(=O)(=O)c1ccc(=O)n(CC(=O)N(C)Cc2ccc(F)cc2)c1. The maximum atomic E-state index is 13.0. The summed E-state index contributed by atoms with van der Waals surface area (Å²) in [6, 6.07) is 8.15. The van der Waals surface area contributed by atoms with Crippen molar-refractivity contribution in [1.29, 1.82) is 0 Å². The minimum Gasteiger partial charge on any atom is -0.340 e. The lowest BCUT2D eigenvalue weighted by Crippen LogP contribution is -2.35. The van der Waals surface area contributed by atoms with Gasteiger partial charge in [-0.1, -0.05) is 26.0 Å². The highest BCUT2D eigenvalue weighted by atomic mass is 32.2. The molecule has 0 saturated carbocycles. The number of amides is 1. The van der Waals surface area contributed by atoms with Crippen molar-refractivity contribution in [2.75, 3.05) is 20.1 Å². The lowest BCUT2D eigenvalue weighted by Gasteiger charge is -2.20. The van der Waals surface area contributed by atoms with Crippen LogP contribution < -0.4 is 5.56 Å². The van der Waals surface area contributed by atoms with Crippen molar-refractivity contribution in [2.24, 2.45) is 0 Å². The van der Waals surface area contributed by atoms with Crippen LogP contribution in [0.1, 0.15) is 19.4 Å². The first kappa shape index (κ1) is 21.8. The molecule has 0 aliphatic carbocycles. The molecule has 7 nitrogen and oxygen atoms in total. The third-order valence-corrected chi connectivity index (χ3v) is 6.40. The summed E-state index contributed by atoms with van der Waals surface area (Å²) in [5.41, 5.74) is 0.268. The first-order valence-electron chi connectivity index (χ1n) is 8.88. The number of carbonyl (C=O) groups excluding carboxylic acids is 1. The molecule has 0 N–H and O–H groups in total. The molecule has 2 aromatic rings. The van der Waals surface area contributed by atoms with Gasteiger partial charge in [0.1, 0.15) is 12.4 Å². The summed E-state index contributed by atoms with van der Waals surface area (Å²) in [5.74, 6) is -0.737. The molecule has 0 atom stereocenters. The van der Waals surface area contributed by atoms with Gasteiger partial charge in [-0.3, -0.25) is 9.59 Å². The average Bonchev–Trinajstić information content (AvgIpc) is 2.65. The van der Waals surface area contributed by atoms with Crippen LogP contribution >= 0.6 is 0 Å². The normalized spacial score (nSPS) is 11.6. The highest BCUT2D eigenvalue weighted by molar-refractivity contribution is 7.89. The van der Waals surface area contributed by atoms with Crippen molar-refractivity contribution in [3.05, 3.63) is 64.3 Å². The van der Waals surface area contributed by atoms with Crippen molar-refractivity contribution >= 4 is 15.9 Å². The zero-order valence-corrected chi connectivity index (χ0v) is 16.9. The number of rotatable bonds is 8. The van der Waals surface area contributed by atoms with Crippen LogP contribution in [0.4, 0.5) is 4.39 Å². The summed E-state index contributed by atoms with van der Waals surface area (Å²) < 4.78 is 40.6. The molecular weight excluding hydrogens is 385 g/mol. The molecule has 0 saturated heterocycles. The molecule has 152 valence electrons. The summed E-state index contributed by atoms with van der Waals surface area (Å²) in [4.78, 5) is 25.9. The number of carbonyl (C=O) groups is 1. The van der Waals surface area contributed by atoms with Crippen molar-refractivity contribution in [3.63, 3.8) is 0 Å². The van der Waals surface area contributed by atoms with Crippen LogP contribution in [0.5, 0.6) is 0 Å². The Morgan fingerprint density at radius 1 is 1.07 bits per heavy atom. The molecule has 0 radical (unpaired) electrons. The molecule has 0 fully saturated rings. The summed E-state index contributed by atoms with van der Waals surface area (Å²) in [6.45, 7) is 4.01. The van der Waals surface area contributed by atoms with Gasteiger partial charge in [0.2, 0.25) is 15.9 Å². The van der Waals surface area contributed by atoms with Gasteiger partial charge in [0.25, 0.3) is 5.56 Å². The smallest absolute Gasteiger partial charge is 0.251 e. The number of sulfonamides is 1. The number of hydrogen-bond acceptors (Lipinski definition) is 4. The highest BCUT2D eigenvalue weighted by Crippen LogP contribution is 2.14. The van der Waals surface area contributed by atoms with E-state index >= 15 is 0 Å². The summed E-state index contributed by atoms with van der Waals surface area (Å²) in [6.07, 6.45) is 1.19. The number of benzene rings is 1. The number of pyridine rings is 1. The van der Waals surface area contributed by atoms with Crippen LogP contribution in [0.15, 0.2) is 52.3 Å². The maximum Gasteiger partial charge on any atom is 0.251 e. The monoisotopic (exact) mass is 409 g/mol. The molecule has 28 heavy (non-hydrogen) atoms. The molecule has 0 aliphatic heterocycles. The minimum absolute atomic E-state index is 0.0372. The Kier molecular flexibility index (Phi) is 7.09. The Morgan fingerprint density at radius 3 is 2.25 bits per heavy atom. The zero-order valence-electron chi connectivity index (χ0n) is 16.1. The molecule has 1 amide bonds. The third-order valence-electron chi connectivity index (χ3n) is 4.36. The van der Waals surface area contributed by atoms with Crippen LogP contribution in [-0.4, -0.2) is 48.2 Å². The molecule has 0 unspecified atom stereocenters. The highest BCUT2D eigenvalue weighted by Gasteiger charge is 2.23. The van der Waals surface area contributed by atoms with E-state index in [9.17, 15) is 22.4 Å². The second-order valence-corrected chi connectivity index (χ2v) is 8.23. The van der Waals surface area contributed by atoms with Gasteiger partial charge >= 0.3 is 0 Å². The third kappa shape index (κ3) is 5.05. The van der Waals surface area contributed by atoms with Gasteiger partial charge in [-0.2, -0.15) is 4.31 Å². The van der Waals surface area contributed by atoms with Crippen LogP contribution in [0.3, 0.4) is 0 Å². The fourth-order valence-corrected chi connectivity index (χ4v) is 4.19. The van der Waals surface area contributed by atoms with E-state index in [4.69, 9.17) is 0 Å². The van der Waals surface area contributed by atoms with E-state index < -0.39 is 15.6 Å². The van der Waals surface area contributed by atoms with Crippen molar-refractivity contribution in [3.8, 4) is 0 Å². The van der Waals surface area contributed by atoms with Crippen LogP contribution in [0.25, 0.3) is 0 Å². The summed E-state index contributed by atoms with van der Waals surface area (Å²) in [5, 5.41) is 0. The van der Waals surface area contributed by atoms with Crippen LogP contribution in [0.2, 0.25) is 0 Å². The van der Waals surface area contributed by atoms with Gasteiger partial charge < -0.3 is 9.47 Å². The number of halogens is 1. The molecule has 2 rings (SSSR count). The zero-order chi connectivity index (χ0) is 20.9. The van der Waals surface area contributed by atoms with Gasteiger partial charge in [-0.15, -0.1) is 0 Å². The van der Waals surface area contributed by atoms with Gasteiger partial charge in [0.15, 0.2) is 0 Å². The van der Waals surface area contributed by atoms with E-state index in [1.807, 2.05) is 0 Å². The molecule has 1 aromatic heterocycles. The average molecular weight is 409 g/mol. The van der Waals surface area contributed by atoms with E-state index in [-0.39, 0.29) is 29.7 Å². The lowest BCUT2D eigenvalue weighted by molar-refractivity contribution is -0.131. The lowest BCUT2D eigenvalue weighted by atomic mass is 10.2. The van der Waals surface area contributed by atoms with Crippen molar-refractivity contribution in [2.45, 2.75) is 31.8 Å². The second kappa shape index (κ2) is 9.11. The molecule has 0 aliphatic rings. The first-order chi connectivity index (χ1) is 13.2. The Labute approximate surface area is 164 Å². The first-order valence-corrected chi connectivity index (χ1v) is 10.3. The van der Waals surface area contributed by atoms with Gasteiger partial charge in [-0.25, -0.2) is 12.8 Å². The number of nitrogens with zero attached hydrogens (tertiary/aromatic N) is 3. The van der Waals surface area contributed by atoms with E-state index in [2.05, 4.69) is 0 Å². The minimum atomic E-state index is -3.74. The Balaban J connectivity index is 2.20. The molecule has 0 bridgehead atoms. The topological polar surface area (TPSA) is 79.7 Å². The second-order valence-electron chi connectivity index (χ2n) is 6.30. The van der Waals surface area contributed by atoms with Gasteiger partial charge in [0, 0.05) is 38.9 Å². The Morgan fingerprint density at radius 2 is 1.68 bits per heavy atom. The quantitative estimate of drug-likeness (QED) is 0.664. The van der Waals surface area contributed by atoms with Gasteiger partial charge in [0.05, 0.1) is 4.90 Å². The van der Waals surface area contributed by atoms with E-state index in [0.717, 1.165) is 16.2 Å². The summed E-state index contributed by atoms with van der Waals surface area (Å²) in [7, 11) is -2.17. The van der Waals surface area contributed by atoms with Crippen molar-refractivity contribution < 1.29 is 17.6 Å². The van der Waals surface area contributed by atoms with Crippen molar-refractivity contribution in [1.82, 2.24) is 13.8 Å². The largest absolute Gasteiger partial charge is 0.340 e. The molecule has 9 heteroatoms. The Bertz CT molecular complexity index is 983. The standard InChI is InChI=1S/C19H24FN3O4S/c1-4-23(5-2)28(26,27)17-10-11-18(24)22(13-17)14-19(25)21(3)12-15-6-8-16(20)9-7-15/h6-11,13H,4-5,12,14H2,1-3H3. The fourth-order valence-electron chi connectivity index (χ4n) is 2.72.